The highest BCUT2D eigenvalue weighted by atomic mass is 16.6. The summed E-state index contributed by atoms with van der Waals surface area (Å²) in [6, 6.07) is 9.16. The first kappa shape index (κ1) is 14.5. The van der Waals surface area contributed by atoms with Crippen molar-refractivity contribution >= 4 is 16.7 Å². The number of fused-ring (bicyclic) bond motifs is 1. The molecule has 0 spiro atoms. The lowest BCUT2D eigenvalue weighted by Gasteiger charge is -2.22. The zero-order chi connectivity index (χ0) is 14.8. The molecule has 0 aliphatic heterocycles. The number of hydrogen-bond acceptors (Lipinski definition) is 4. The normalized spacial score (nSPS) is 13.2. The summed E-state index contributed by atoms with van der Waals surface area (Å²) in [6.07, 6.45) is 2.11. The van der Waals surface area contributed by atoms with Crippen LogP contribution >= 0.6 is 0 Å². The molecule has 1 aromatic heterocycles. The molecule has 106 valence electrons. The number of carbonyl (C=O) groups excluding carboxylic acids is 1. The van der Waals surface area contributed by atoms with Gasteiger partial charge in [-0.2, -0.15) is 0 Å². The van der Waals surface area contributed by atoms with Crippen LogP contribution in [-0.2, 0) is 16.0 Å². The zero-order valence-electron chi connectivity index (χ0n) is 12.1. The number of hydrogen-bond donors (Lipinski definition) is 1. The lowest BCUT2D eigenvalue weighted by molar-refractivity contribution is -0.156. The third kappa shape index (κ3) is 3.54. The van der Waals surface area contributed by atoms with E-state index in [9.17, 15) is 4.79 Å². The molecule has 0 radical (unpaired) electrons. The van der Waals surface area contributed by atoms with Crippen LogP contribution in [0.25, 0.3) is 10.8 Å². The molecule has 0 fully saturated rings. The highest BCUT2D eigenvalue weighted by Gasteiger charge is 2.23. The molecule has 1 heterocycles. The van der Waals surface area contributed by atoms with E-state index in [1.807, 2.05) is 51.1 Å². The van der Waals surface area contributed by atoms with E-state index in [1.54, 1.807) is 6.20 Å². The molecule has 2 aromatic rings. The predicted octanol–water partition coefficient (Wildman–Crippen LogP) is 2.45. The number of ether oxygens (including phenoxy) is 1. The quantitative estimate of drug-likeness (QED) is 0.872. The van der Waals surface area contributed by atoms with E-state index in [-0.39, 0.29) is 0 Å². The van der Waals surface area contributed by atoms with Crippen molar-refractivity contribution < 1.29 is 9.53 Å². The molecule has 20 heavy (non-hydrogen) atoms. The Morgan fingerprint density at radius 1 is 1.30 bits per heavy atom. The number of benzene rings is 1. The van der Waals surface area contributed by atoms with Crippen molar-refractivity contribution in [2.75, 3.05) is 0 Å². The molecule has 1 aromatic carbocycles. The number of rotatable bonds is 3. The largest absolute Gasteiger partial charge is 0.459 e. The maximum atomic E-state index is 11.9. The summed E-state index contributed by atoms with van der Waals surface area (Å²) < 4.78 is 5.29. The number of carbonyl (C=O) groups is 1. The Balaban J connectivity index is 2.18. The van der Waals surface area contributed by atoms with E-state index >= 15 is 0 Å². The second-order valence-electron chi connectivity index (χ2n) is 5.82. The summed E-state index contributed by atoms with van der Waals surface area (Å²) in [5, 5.41) is 2.11. The predicted molar refractivity (Wildman–Crippen MR) is 79.3 cm³/mol. The first-order valence-corrected chi connectivity index (χ1v) is 6.68. The molecule has 0 saturated heterocycles. The van der Waals surface area contributed by atoms with Crippen molar-refractivity contribution in [3.05, 3.63) is 42.2 Å². The summed E-state index contributed by atoms with van der Waals surface area (Å²) in [5.41, 5.74) is 6.23. The van der Waals surface area contributed by atoms with Crippen LogP contribution in [0.1, 0.15) is 26.5 Å². The van der Waals surface area contributed by atoms with Gasteiger partial charge in [0, 0.05) is 18.0 Å². The van der Waals surface area contributed by atoms with Gasteiger partial charge < -0.3 is 10.5 Å². The fourth-order valence-corrected chi connectivity index (χ4v) is 2.01. The summed E-state index contributed by atoms with van der Waals surface area (Å²) in [6.45, 7) is 5.48. The van der Waals surface area contributed by atoms with Gasteiger partial charge in [-0.05, 0) is 32.2 Å². The minimum Gasteiger partial charge on any atom is -0.459 e. The summed E-state index contributed by atoms with van der Waals surface area (Å²) in [4.78, 5) is 16.3. The van der Waals surface area contributed by atoms with Crippen molar-refractivity contribution in [2.45, 2.75) is 38.8 Å². The average Bonchev–Trinajstić information content (AvgIpc) is 2.37. The average molecular weight is 272 g/mol. The molecule has 4 nitrogen and oxygen atoms in total. The van der Waals surface area contributed by atoms with Gasteiger partial charge in [-0.25, -0.2) is 0 Å². The second-order valence-corrected chi connectivity index (χ2v) is 5.82. The standard InChI is InChI=1S/C16H20N2O2/c1-16(2,3)20-15(19)13(17)10-14-12-7-5-4-6-11(12)8-9-18-14/h4-9,13H,10,17H2,1-3H3/t13-/m1/s1. The Kier molecular flexibility index (Phi) is 4.04. The van der Waals surface area contributed by atoms with Crippen molar-refractivity contribution in [3.63, 3.8) is 0 Å². The maximum Gasteiger partial charge on any atom is 0.323 e. The molecule has 0 bridgehead atoms. The van der Waals surface area contributed by atoms with Crippen LogP contribution in [0.15, 0.2) is 36.5 Å². The third-order valence-corrected chi connectivity index (χ3v) is 2.88. The number of pyridine rings is 1. The number of nitrogens with zero attached hydrogens (tertiary/aromatic N) is 1. The third-order valence-electron chi connectivity index (χ3n) is 2.88. The molecule has 0 amide bonds. The Labute approximate surface area is 119 Å². The van der Waals surface area contributed by atoms with Crippen molar-refractivity contribution in [1.82, 2.24) is 4.98 Å². The minimum absolute atomic E-state index is 0.371. The van der Waals surface area contributed by atoms with E-state index in [0.717, 1.165) is 16.5 Å². The minimum atomic E-state index is -0.701. The van der Waals surface area contributed by atoms with Crippen LogP contribution in [0.4, 0.5) is 0 Å². The van der Waals surface area contributed by atoms with E-state index in [4.69, 9.17) is 10.5 Å². The Bertz CT molecular complexity index is 612. The van der Waals surface area contributed by atoms with Gasteiger partial charge in [-0.3, -0.25) is 9.78 Å². The molecule has 0 aliphatic carbocycles. The van der Waals surface area contributed by atoms with Crippen LogP contribution in [0.5, 0.6) is 0 Å². The van der Waals surface area contributed by atoms with Gasteiger partial charge in [-0.15, -0.1) is 0 Å². The molecule has 1 atom stereocenters. The van der Waals surface area contributed by atoms with E-state index in [2.05, 4.69) is 4.98 Å². The molecular formula is C16H20N2O2. The van der Waals surface area contributed by atoms with Crippen LogP contribution < -0.4 is 5.73 Å². The van der Waals surface area contributed by atoms with Crippen LogP contribution in [0, 0.1) is 0 Å². The molecule has 4 heteroatoms. The van der Waals surface area contributed by atoms with Gasteiger partial charge in [-0.1, -0.05) is 24.3 Å². The van der Waals surface area contributed by atoms with Gasteiger partial charge in [0.1, 0.15) is 11.6 Å². The Hall–Kier alpha value is -1.94. The van der Waals surface area contributed by atoms with E-state index in [0.29, 0.717) is 6.42 Å². The van der Waals surface area contributed by atoms with Crippen LogP contribution in [0.3, 0.4) is 0 Å². The SMILES string of the molecule is CC(C)(C)OC(=O)[C@H](N)Cc1nccc2ccccc12. The second kappa shape index (κ2) is 5.59. The van der Waals surface area contributed by atoms with Crippen molar-refractivity contribution in [1.29, 1.82) is 0 Å². The summed E-state index contributed by atoms with van der Waals surface area (Å²) >= 11 is 0. The lowest BCUT2D eigenvalue weighted by Crippen LogP contribution is -2.39. The Morgan fingerprint density at radius 2 is 2.00 bits per heavy atom. The van der Waals surface area contributed by atoms with E-state index in [1.165, 1.54) is 0 Å². The van der Waals surface area contributed by atoms with Crippen molar-refractivity contribution in [2.24, 2.45) is 5.73 Å². The van der Waals surface area contributed by atoms with Crippen molar-refractivity contribution in [3.8, 4) is 0 Å². The highest BCUT2D eigenvalue weighted by Crippen LogP contribution is 2.18. The summed E-state index contributed by atoms with van der Waals surface area (Å²) in [7, 11) is 0. The first-order valence-electron chi connectivity index (χ1n) is 6.68. The van der Waals surface area contributed by atoms with Gasteiger partial charge in [0.2, 0.25) is 0 Å². The molecular weight excluding hydrogens is 252 g/mol. The fourth-order valence-electron chi connectivity index (χ4n) is 2.01. The highest BCUT2D eigenvalue weighted by molar-refractivity contribution is 5.85. The van der Waals surface area contributed by atoms with Gasteiger partial charge in [0.15, 0.2) is 0 Å². The Morgan fingerprint density at radius 3 is 2.70 bits per heavy atom. The van der Waals surface area contributed by atoms with Gasteiger partial charge in [0.25, 0.3) is 0 Å². The van der Waals surface area contributed by atoms with Crippen LogP contribution in [0.2, 0.25) is 0 Å². The lowest BCUT2D eigenvalue weighted by atomic mass is 10.0. The van der Waals surface area contributed by atoms with Gasteiger partial charge >= 0.3 is 5.97 Å². The van der Waals surface area contributed by atoms with E-state index < -0.39 is 17.6 Å². The maximum absolute atomic E-state index is 11.9. The smallest absolute Gasteiger partial charge is 0.323 e. The molecule has 0 unspecified atom stereocenters. The van der Waals surface area contributed by atoms with Gasteiger partial charge in [0.05, 0.1) is 5.69 Å². The number of aromatic nitrogens is 1. The zero-order valence-corrected chi connectivity index (χ0v) is 12.1. The van der Waals surface area contributed by atoms with Crippen LogP contribution in [-0.4, -0.2) is 22.6 Å². The number of esters is 1. The number of nitrogens with two attached hydrogens (primary N) is 1. The molecule has 0 aliphatic rings. The molecule has 0 saturated carbocycles. The summed E-state index contributed by atoms with van der Waals surface area (Å²) in [5.74, 6) is -0.396. The topological polar surface area (TPSA) is 65.2 Å². The first-order chi connectivity index (χ1) is 9.37. The monoisotopic (exact) mass is 272 g/mol. The fraction of sp³-hybridized carbons (Fsp3) is 0.375. The molecule has 2 rings (SSSR count). The molecule has 2 N–H and O–H groups in total.